The average Bonchev–Trinajstić information content (AvgIpc) is 2.33. The molecule has 0 aromatic heterocycles. The van der Waals surface area contributed by atoms with Gasteiger partial charge in [-0.25, -0.2) is 0 Å². The lowest BCUT2D eigenvalue weighted by atomic mass is 10.1. The van der Waals surface area contributed by atoms with Gasteiger partial charge in [-0.1, -0.05) is 26.7 Å². The van der Waals surface area contributed by atoms with Crippen molar-refractivity contribution in [2.45, 2.75) is 50.4 Å². The lowest BCUT2D eigenvalue weighted by molar-refractivity contribution is 0.0732. The summed E-state index contributed by atoms with van der Waals surface area (Å²) in [5.74, 6) is 0.935. The van der Waals surface area contributed by atoms with Gasteiger partial charge in [-0.15, -0.1) is 0 Å². The first kappa shape index (κ1) is 9.40. The molecule has 0 radical (unpaired) electrons. The van der Waals surface area contributed by atoms with Crippen LogP contribution >= 0.6 is 11.8 Å². The van der Waals surface area contributed by atoms with Crippen LogP contribution in [0.1, 0.15) is 39.5 Å². The molecule has 0 aromatic rings. The minimum atomic E-state index is -0.311. The maximum absolute atomic E-state index is 9.92. The second-order valence-corrected chi connectivity index (χ2v) is 5.36. The van der Waals surface area contributed by atoms with Gasteiger partial charge in [0.15, 0.2) is 0 Å². The normalized spacial score (nSPS) is 22.9. The minimum absolute atomic E-state index is 0.311. The number of aliphatic hydroxyl groups is 1. The summed E-state index contributed by atoms with van der Waals surface area (Å²) >= 11 is 1.88. The molecule has 0 aliphatic heterocycles. The molecule has 11 heavy (non-hydrogen) atoms. The second-order valence-electron chi connectivity index (χ2n) is 3.79. The maximum atomic E-state index is 9.92. The highest BCUT2D eigenvalue weighted by Crippen LogP contribution is 2.33. The number of rotatable bonds is 3. The molecule has 1 aliphatic carbocycles. The van der Waals surface area contributed by atoms with Crippen LogP contribution in [0.3, 0.4) is 0 Å². The fourth-order valence-electron chi connectivity index (χ4n) is 1.50. The molecule has 1 nitrogen and oxygen atoms in total. The van der Waals surface area contributed by atoms with Crippen LogP contribution in [0.5, 0.6) is 0 Å². The lowest BCUT2D eigenvalue weighted by Crippen LogP contribution is -2.27. The summed E-state index contributed by atoms with van der Waals surface area (Å²) in [4.78, 5) is 0. The highest BCUT2D eigenvalue weighted by Gasteiger charge is 2.30. The first-order valence-electron chi connectivity index (χ1n) is 4.46. The van der Waals surface area contributed by atoms with Gasteiger partial charge in [0.2, 0.25) is 0 Å². The summed E-state index contributed by atoms with van der Waals surface area (Å²) in [6, 6.07) is 0. The number of hydrogen-bond acceptors (Lipinski definition) is 2. The molecule has 0 amide bonds. The first-order chi connectivity index (χ1) is 5.12. The molecule has 0 heterocycles. The predicted octanol–water partition coefficient (Wildman–Crippen LogP) is 2.43. The van der Waals surface area contributed by atoms with Crippen molar-refractivity contribution in [1.82, 2.24) is 0 Å². The smallest absolute Gasteiger partial charge is 0.0737 e. The van der Waals surface area contributed by atoms with Crippen LogP contribution in [0.25, 0.3) is 0 Å². The summed E-state index contributed by atoms with van der Waals surface area (Å²) in [6.07, 6.45) is 4.48. The molecule has 1 saturated carbocycles. The van der Waals surface area contributed by atoms with Gasteiger partial charge in [0.05, 0.1) is 5.60 Å². The van der Waals surface area contributed by atoms with E-state index in [2.05, 4.69) is 13.8 Å². The zero-order valence-corrected chi connectivity index (χ0v) is 8.28. The fraction of sp³-hybridized carbons (Fsp3) is 1.00. The van der Waals surface area contributed by atoms with E-state index in [1.54, 1.807) is 0 Å². The summed E-state index contributed by atoms with van der Waals surface area (Å²) < 4.78 is 0. The Labute approximate surface area is 73.6 Å². The van der Waals surface area contributed by atoms with Gasteiger partial charge >= 0.3 is 0 Å². The van der Waals surface area contributed by atoms with Crippen LogP contribution in [0.15, 0.2) is 0 Å². The van der Waals surface area contributed by atoms with E-state index in [4.69, 9.17) is 0 Å². The molecule has 1 rings (SSSR count). The van der Waals surface area contributed by atoms with Gasteiger partial charge in [-0.05, 0) is 18.1 Å². The molecular weight excluding hydrogens is 156 g/mol. The van der Waals surface area contributed by atoms with E-state index in [0.717, 1.165) is 18.6 Å². The highest BCUT2D eigenvalue weighted by atomic mass is 32.2. The van der Waals surface area contributed by atoms with Crippen molar-refractivity contribution in [2.75, 3.05) is 5.75 Å². The molecule has 2 heteroatoms. The van der Waals surface area contributed by atoms with Crippen molar-refractivity contribution < 1.29 is 5.11 Å². The molecule has 0 atom stereocenters. The van der Waals surface area contributed by atoms with Gasteiger partial charge in [0.25, 0.3) is 0 Å². The fourth-order valence-corrected chi connectivity index (χ4v) is 2.43. The molecule has 0 bridgehead atoms. The summed E-state index contributed by atoms with van der Waals surface area (Å²) in [5.41, 5.74) is -0.311. The summed E-state index contributed by atoms with van der Waals surface area (Å²) in [7, 11) is 0. The van der Waals surface area contributed by atoms with Crippen molar-refractivity contribution in [2.24, 2.45) is 0 Å². The average molecular weight is 174 g/mol. The van der Waals surface area contributed by atoms with Gasteiger partial charge < -0.3 is 5.11 Å². The number of hydrogen-bond donors (Lipinski definition) is 1. The molecule has 0 saturated heterocycles. The predicted molar refractivity (Wildman–Crippen MR) is 51.0 cm³/mol. The quantitative estimate of drug-likeness (QED) is 0.709. The Hall–Kier alpha value is 0.310. The maximum Gasteiger partial charge on any atom is 0.0737 e. The Kier molecular flexibility index (Phi) is 3.26. The topological polar surface area (TPSA) is 20.2 Å². The summed E-state index contributed by atoms with van der Waals surface area (Å²) in [6.45, 7) is 4.37. The van der Waals surface area contributed by atoms with E-state index in [9.17, 15) is 5.11 Å². The van der Waals surface area contributed by atoms with Crippen LogP contribution < -0.4 is 0 Å². The van der Waals surface area contributed by atoms with Crippen molar-refractivity contribution in [3.63, 3.8) is 0 Å². The Morgan fingerprint density at radius 1 is 1.36 bits per heavy atom. The molecule has 1 fully saturated rings. The molecule has 0 unspecified atom stereocenters. The van der Waals surface area contributed by atoms with E-state index in [1.807, 2.05) is 11.8 Å². The first-order valence-corrected chi connectivity index (χ1v) is 5.51. The highest BCUT2D eigenvalue weighted by molar-refractivity contribution is 7.99. The SMILES string of the molecule is CC(C)SCC1(O)CCCC1. The van der Waals surface area contributed by atoms with E-state index in [-0.39, 0.29) is 5.60 Å². The molecule has 1 aliphatic rings. The standard InChI is InChI=1S/C9H18OS/c1-8(2)11-7-9(10)5-3-4-6-9/h8,10H,3-7H2,1-2H3. The number of thioether (sulfide) groups is 1. The van der Waals surface area contributed by atoms with Crippen LogP contribution in [-0.4, -0.2) is 21.7 Å². The Balaban J connectivity index is 2.23. The van der Waals surface area contributed by atoms with E-state index >= 15 is 0 Å². The Morgan fingerprint density at radius 3 is 2.36 bits per heavy atom. The monoisotopic (exact) mass is 174 g/mol. The Bertz CT molecular complexity index is 117. The van der Waals surface area contributed by atoms with Crippen LogP contribution in [0.2, 0.25) is 0 Å². The van der Waals surface area contributed by atoms with Gasteiger partial charge in [0.1, 0.15) is 0 Å². The second kappa shape index (κ2) is 3.81. The molecule has 0 spiro atoms. The van der Waals surface area contributed by atoms with Crippen LogP contribution in [-0.2, 0) is 0 Å². The molecule has 1 N–H and O–H groups in total. The van der Waals surface area contributed by atoms with Crippen LogP contribution in [0, 0.1) is 0 Å². The van der Waals surface area contributed by atoms with Gasteiger partial charge in [0, 0.05) is 5.75 Å². The van der Waals surface area contributed by atoms with Gasteiger partial charge in [-0.2, -0.15) is 11.8 Å². The van der Waals surface area contributed by atoms with E-state index < -0.39 is 0 Å². The van der Waals surface area contributed by atoms with Crippen molar-refractivity contribution in [3.8, 4) is 0 Å². The third-order valence-electron chi connectivity index (χ3n) is 2.22. The largest absolute Gasteiger partial charge is 0.389 e. The third kappa shape index (κ3) is 3.04. The van der Waals surface area contributed by atoms with Crippen molar-refractivity contribution in [3.05, 3.63) is 0 Å². The zero-order valence-electron chi connectivity index (χ0n) is 7.47. The lowest BCUT2D eigenvalue weighted by Gasteiger charge is -2.22. The van der Waals surface area contributed by atoms with Crippen molar-refractivity contribution in [1.29, 1.82) is 0 Å². The van der Waals surface area contributed by atoms with Crippen LogP contribution in [0.4, 0.5) is 0 Å². The molecular formula is C9H18OS. The minimum Gasteiger partial charge on any atom is -0.389 e. The zero-order chi connectivity index (χ0) is 8.32. The Morgan fingerprint density at radius 2 is 1.91 bits per heavy atom. The van der Waals surface area contributed by atoms with E-state index in [0.29, 0.717) is 5.25 Å². The van der Waals surface area contributed by atoms with E-state index in [1.165, 1.54) is 12.8 Å². The van der Waals surface area contributed by atoms with Gasteiger partial charge in [-0.3, -0.25) is 0 Å². The molecule has 0 aromatic carbocycles. The molecule has 66 valence electrons. The van der Waals surface area contributed by atoms with Crippen molar-refractivity contribution >= 4 is 11.8 Å². The summed E-state index contributed by atoms with van der Waals surface area (Å²) in [5, 5.41) is 10.6. The third-order valence-corrected chi connectivity index (χ3v) is 3.59.